The van der Waals surface area contributed by atoms with Crippen molar-refractivity contribution < 1.29 is 18.7 Å². The van der Waals surface area contributed by atoms with Gasteiger partial charge in [-0.3, -0.25) is 0 Å². The summed E-state index contributed by atoms with van der Waals surface area (Å²) in [6.07, 6.45) is -0.500. The van der Waals surface area contributed by atoms with Gasteiger partial charge >= 0.3 is 57.4 Å². The second kappa shape index (κ2) is 5.34. The van der Waals surface area contributed by atoms with Crippen molar-refractivity contribution in [2.75, 3.05) is 6.61 Å². The Kier molecular flexibility index (Phi) is 4.69. The Bertz CT molecular complexity index is 339. The number of ether oxygens (including phenoxy) is 2. The quantitative estimate of drug-likeness (QED) is 0.316. The second-order valence-corrected chi connectivity index (χ2v) is 2.67. The normalized spacial score (nSPS) is 18.2. The van der Waals surface area contributed by atoms with Gasteiger partial charge in [-0.15, -0.1) is 0 Å². The molecule has 0 amide bonds. The van der Waals surface area contributed by atoms with Gasteiger partial charge in [-0.05, 0) is 12.1 Å². The van der Waals surface area contributed by atoms with E-state index in [9.17, 15) is 9.18 Å². The molecule has 1 atom stereocenters. The molecule has 1 heterocycles. The maximum absolute atomic E-state index is 12.9. The molecule has 1 fully saturated rings. The molecule has 0 spiro atoms. The van der Waals surface area contributed by atoms with Gasteiger partial charge in [-0.25, -0.2) is 9.18 Å². The van der Waals surface area contributed by atoms with E-state index in [-0.39, 0.29) is 57.1 Å². The second-order valence-electron chi connectivity index (χ2n) is 2.67. The molecule has 0 N–H and O–H groups in total. The summed E-state index contributed by atoms with van der Waals surface area (Å²) in [6, 6.07) is 5.76. The molecule has 0 aliphatic carbocycles. The van der Waals surface area contributed by atoms with Gasteiger partial charge < -0.3 is 9.47 Å². The van der Waals surface area contributed by atoms with Crippen LogP contribution in [0, 0.1) is 5.82 Å². The van der Waals surface area contributed by atoms with Gasteiger partial charge in [0.05, 0.1) is 6.61 Å². The van der Waals surface area contributed by atoms with Gasteiger partial charge in [0, 0.05) is 0 Å². The summed E-state index contributed by atoms with van der Waals surface area (Å²) < 4.78 is 22.3. The van der Waals surface area contributed by atoms with Crippen LogP contribution in [0.2, 0.25) is 0 Å². The Morgan fingerprint density at radius 1 is 1.50 bits per heavy atom. The molecular weight excluding hydrogens is 214 g/mol. The molecule has 14 heavy (non-hydrogen) atoms. The molecule has 0 aromatic heterocycles. The van der Waals surface area contributed by atoms with Crippen LogP contribution in [0.5, 0.6) is 5.75 Å². The van der Waals surface area contributed by atoms with E-state index in [4.69, 9.17) is 4.74 Å². The average Bonchev–Trinajstić information content (AvgIpc) is 2.91. The van der Waals surface area contributed by atoms with E-state index in [1.807, 2.05) is 0 Å². The summed E-state index contributed by atoms with van der Waals surface area (Å²) in [5, 5.41) is 0. The Hall–Kier alpha value is 0.216. The van der Waals surface area contributed by atoms with Crippen molar-refractivity contribution in [2.45, 2.75) is 6.10 Å². The van der Waals surface area contributed by atoms with Crippen LogP contribution in [-0.4, -0.2) is 70.1 Å². The molecule has 1 aromatic carbocycles. The van der Waals surface area contributed by atoms with Crippen molar-refractivity contribution in [3.8, 4) is 5.75 Å². The van der Waals surface area contributed by atoms with Crippen molar-refractivity contribution in [1.29, 1.82) is 0 Å². The molecule has 1 unspecified atom stereocenters. The minimum absolute atomic E-state index is 0. The molecular formula is C9H8FKO3. The first-order valence-electron chi connectivity index (χ1n) is 3.85. The zero-order chi connectivity index (χ0) is 9.26. The van der Waals surface area contributed by atoms with E-state index in [1.165, 1.54) is 18.2 Å². The van der Waals surface area contributed by atoms with E-state index in [0.717, 1.165) is 0 Å². The van der Waals surface area contributed by atoms with Gasteiger partial charge in [-0.1, -0.05) is 12.1 Å². The molecule has 0 saturated carbocycles. The van der Waals surface area contributed by atoms with Crippen LogP contribution < -0.4 is 4.74 Å². The van der Waals surface area contributed by atoms with Crippen LogP contribution in [-0.2, 0) is 9.53 Å². The predicted octanol–water partition coefficient (Wildman–Crippen LogP) is 0.481. The Balaban J connectivity index is 0.000000980. The van der Waals surface area contributed by atoms with Crippen molar-refractivity contribution >= 4 is 57.4 Å². The zero-order valence-electron chi connectivity index (χ0n) is 6.70. The van der Waals surface area contributed by atoms with E-state index < -0.39 is 17.9 Å². The molecule has 1 saturated heterocycles. The van der Waals surface area contributed by atoms with Crippen molar-refractivity contribution in [3.05, 3.63) is 30.1 Å². The fourth-order valence-corrected chi connectivity index (χ4v) is 0.886. The molecule has 2 rings (SSSR count). The third-order valence-electron chi connectivity index (χ3n) is 1.64. The standard InChI is InChI=1S/C9H7FO3.K.H/c10-6-3-1-2-4-7(6)13-9(11)8-5-12-8;;/h1-4,8H,5H2;;. The first-order chi connectivity index (χ1) is 6.27. The number of hydrogen-bond acceptors (Lipinski definition) is 3. The summed E-state index contributed by atoms with van der Waals surface area (Å²) in [4.78, 5) is 11.0. The van der Waals surface area contributed by atoms with E-state index >= 15 is 0 Å². The van der Waals surface area contributed by atoms with Gasteiger partial charge in [0.25, 0.3) is 0 Å². The van der Waals surface area contributed by atoms with Crippen LogP contribution in [0.4, 0.5) is 4.39 Å². The number of para-hydroxylation sites is 1. The van der Waals surface area contributed by atoms with Crippen molar-refractivity contribution in [2.24, 2.45) is 0 Å². The van der Waals surface area contributed by atoms with Gasteiger partial charge in [-0.2, -0.15) is 0 Å². The fourth-order valence-electron chi connectivity index (χ4n) is 0.886. The molecule has 1 aliphatic rings. The summed E-state index contributed by atoms with van der Waals surface area (Å²) in [6.45, 7) is 0.368. The molecule has 1 aliphatic heterocycles. The molecule has 0 bridgehead atoms. The molecule has 1 aromatic rings. The summed E-state index contributed by atoms with van der Waals surface area (Å²) >= 11 is 0. The van der Waals surface area contributed by atoms with Gasteiger partial charge in [0.15, 0.2) is 17.7 Å². The average molecular weight is 222 g/mol. The number of halogens is 1. The number of benzene rings is 1. The van der Waals surface area contributed by atoms with Crippen LogP contribution in [0.3, 0.4) is 0 Å². The summed E-state index contributed by atoms with van der Waals surface area (Å²) in [7, 11) is 0. The van der Waals surface area contributed by atoms with E-state index in [1.54, 1.807) is 6.07 Å². The van der Waals surface area contributed by atoms with Crippen molar-refractivity contribution in [3.63, 3.8) is 0 Å². The van der Waals surface area contributed by atoms with E-state index in [0.29, 0.717) is 6.61 Å². The minimum atomic E-state index is -0.545. The fraction of sp³-hybridized carbons (Fsp3) is 0.222. The summed E-state index contributed by atoms with van der Waals surface area (Å²) in [5.74, 6) is -1.13. The summed E-state index contributed by atoms with van der Waals surface area (Å²) in [5.41, 5.74) is 0. The van der Waals surface area contributed by atoms with Crippen LogP contribution in [0.15, 0.2) is 24.3 Å². The number of rotatable bonds is 2. The predicted molar refractivity (Wildman–Crippen MR) is 48.9 cm³/mol. The number of esters is 1. The zero-order valence-corrected chi connectivity index (χ0v) is 6.70. The Labute approximate surface area is 123 Å². The third kappa shape index (κ3) is 3.11. The Morgan fingerprint density at radius 3 is 2.71 bits per heavy atom. The van der Waals surface area contributed by atoms with E-state index in [2.05, 4.69) is 4.74 Å². The monoisotopic (exact) mass is 222 g/mol. The number of epoxide rings is 1. The topological polar surface area (TPSA) is 38.8 Å². The third-order valence-corrected chi connectivity index (χ3v) is 1.64. The molecule has 0 radical (unpaired) electrons. The van der Waals surface area contributed by atoms with Crippen LogP contribution in [0.1, 0.15) is 0 Å². The molecule has 5 heteroatoms. The van der Waals surface area contributed by atoms with Crippen LogP contribution >= 0.6 is 0 Å². The van der Waals surface area contributed by atoms with Gasteiger partial charge in [0.2, 0.25) is 0 Å². The number of hydrogen-bond donors (Lipinski definition) is 0. The first-order valence-corrected chi connectivity index (χ1v) is 3.85. The SMILES string of the molecule is O=C(Oc1ccccc1F)C1CO1.[KH]. The van der Waals surface area contributed by atoms with Crippen LogP contribution in [0.25, 0.3) is 0 Å². The number of carbonyl (C=O) groups is 1. The maximum atomic E-state index is 12.9. The van der Waals surface area contributed by atoms with Gasteiger partial charge in [0.1, 0.15) is 0 Å². The van der Waals surface area contributed by atoms with Crippen molar-refractivity contribution in [1.82, 2.24) is 0 Å². The molecule has 3 nitrogen and oxygen atoms in total. The number of carbonyl (C=O) groups excluding carboxylic acids is 1. The Morgan fingerprint density at radius 2 is 2.14 bits per heavy atom. The first kappa shape index (κ1) is 12.3. The molecule has 70 valence electrons.